The van der Waals surface area contributed by atoms with Gasteiger partial charge in [0.25, 0.3) is 0 Å². The summed E-state index contributed by atoms with van der Waals surface area (Å²) in [5.41, 5.74) is 1.00. The van der Waals surface area contributed by atoms with Gasteiger partial charge in [-0.1, -0.05) is 31.0 Å². The van der Waals surface area contributed by atoms with Gasteiger partial charge in [-0.05, 0) is 25.5 Å². The minimum absolute atomic E-state index is 0.234. The Bertz CT molecular complexity index is 483. The number of sulfone groups is 1. The van der Waals surface area contributed by atoms with Crippen molar-refractivity contribution in [1.29, 1.82) is 5.26 Å². The molecule has 0 heterocycles. The highest BCUT2D eigenvalue weighted by atomic mass is 32.2. The normalized spacial score (nSPS) is 13.1. The van der Waals surface area contributed by atoms with E-state index < -0.39 is 15.1 Å². The lowest BCUT2D eigenvalue weighted by molar-refractivity contribution is 0.584. The Morgan fingerprint density at radius 3 is 2.31 bits per heavy atom. The van der Waals surface area contributed by atoms with Crippen LogP contribution in [-0.4, -0.2) is 13.7 Å². The summed E-state index contributed by atoms with van der Waals surface area (Å²) in [5.74, 6) is 0. The van der Waals surface area contributed by atoms with Gasteiger partial charge >= 0.3 is 0 Å². The van der Waals surface area contributed by atoms with Crippen LogP contribution in [0.2, 0.25) is 0 Å². The first kappa shape index (κ1) is 12.7. The number of hydrogen-bond donors (Lipinski definition) is 0. The molecular weight excluding hydrogens is 222 g/mol. The maximum atomic E-state index is 12.0. The predicted molar refractivity (Wildman–Crippen MR) is 62.7 cm³/mol. The molecule has 3 nitrogen and oxygen atoms in total. The van der Waals surface area contributed by atoms with E-state index in [9.17, 15) is 8.42 Å². The molecule has 16 heavy (non-hydrogen) atoms. The molecule has 0 saturated heterocycles. The zero-order valence-electron chi connectivity index (χ0n) is 9.47. The highest BCUT2D eigenvalue weighted by Crippen LogP contribution is 2.19. The highest BCUT2D eigenvalue weighted by molar-refractivity contribution is 7.92. The number of hydrogen-bond acceptors (Lipinski definition) is 3. The summed E-state index contributed by atoms with van der Waals surface area (Å²) in [6, 6.07) is 8.48. The second-order valence-corrected chi connectivity index (χ2v) is 5.89. The van der Waals surface area contributed by atoms with Gasteiger partial charge in [0, 0.05) is 0 Å². The van der Waals surface area contributed by atoms with Crippen molar-refractivity contribution >= 4 is 9.84 Å². The standard InChI is InChI=1S/C12H15NO2S/c1-3-4-12(9-13)16(14,15)11-7-5-10(2)6-8-11/h5-8,12H,3-4H2,1-2H3. The van der Waals surface area contributed by atoms with E-state index in [4.69, 9.17) is 5.26 Å². The van der Waals surface area contributed by atoms with Gasteiger partial charge in [-0.3, -0.25) is 0 Å². The molecule has 0 spiro atoms. The van der Waals surface area contributed by atoms with E-state index in [0.29, 0.717) is 12.8 Å². The first-order valence-electron chi connectivity index (χ1n) is 5.22. The summed E-state index contributed by atoms with van der Waals surface area (Å²) in [4.78, 5) is 0.234. The molecule has 0 saturated carbocycles. The molecule has 0 radical (unpaired) electrons. The van der Waals surface area contributed by atoms with Crippen molar-refractivity contribution in [2.75, 3.05) is 0 Å². The minimum Gasteiger partial charge on any atom is -0.222 e. The van der Waals surface area contributed by atoms with Gasteiger partial charge in [-0.25, -0.2) is 8.42 Å². The zero-order valence-corrected chi connectivity index (χ0v) is 10.3. The molecule has 0 amide bonds. The fourth-order valence-electron chi connectivity index (χ4n) is 1.44. The maximum Gasteiger partial charge on any atom is 0.194 e. The quantitative estimate of drug-likeness (QED) is 0.808. The molecule has 1 aromatic rings. The van der Waals surface area contributed by atoms with Gasteiger partial charge in [0.1, 0.15) is 0 Å². The molecule has 0 bridgehead atoms. The van der Waals surface area contributed by atoms with E-state index in [2.05, 4.69) is 0 Å². The lowest BCUT2D eigenvalue weighted by Crippen LogP contribution is -2.19. The smallest absolute Gasteiger partial charge is 0.194 e. The van der Waals surface area contributed by atoms with Crippen LogP contribution in [0, 0.1) is 18.3 Å². The summed E-state index contributed by atoms with van der Waals surface area (Å²) >= 11 is 0. The second kappa shape index (κ2) is 5.13. The van der Waals surface area contributed by atoms with Crippen molar-refractivity contribution in [1.82, 2.24) is 0 Å². The average Bonchev–Trinajstić information content (AvgIpc) is 2.26. The zero-order chi connectivity index (χ0) is 12.2. The van der Waals surface area contributed by atoms with Crippen LogP contribution in [0.15, 0.2) is 29.2 Å². The molecule has 0 aliphatic carbocycles. The third-order valence-corrected chi connectivity index (χ3v) is 4.44. The third-order valence-electron chi connectivity index (χ3n) is 2.42. The van der Waals surface area contributed by atoms with Gasteiger partial charge in [-0.2, -0.15) is 5.26 Å². The molecule has 1 unspecified atom stereocenters. The molecular formula is C12H15NO2S. The van der Waals surface area contributed by atoms with Crippen LogP contribution >= 0.6 is 0 Å². The van der Waals surface area contributed by atoms with Crippen LogP contribution in [0.5, 0.6) is 0 Å². The van der Waals surface area contributed by atoms with E-state index in [1.807, 2.05) is 19.9 Å². The Kier molecular flexibility index (Phi) is 4.08. The lowest BCUT2D eigenvalue weighted by atomic mass is 10.2. The molecule has 0 aromatic heterocycles. The van der Waals surface area contributed by atoms with E-state index in [-0.39, 0.29) is 4.90 Å². The third kappa shape index (κ3) is 2.61. The Morgan fingerprint density at radius 2 is 1.88 bits per heavy atom. The Balaban J connectivity index is 3.11. The number of rotatable bonds is 4. The molecule has 0 aliphatic heterocycles. The minimum atomic E-state index is -3.49. The van der Waals surface area contributed by atoms with E-state index in [1.54, 1.807) is 24.3 Å². The Labute approximate surface area is 96.6 Å². The topological polar surface area (TPSA) is 57.9 Å². The van der Waals surface area contributed by atoms with Gasteiger partial charge in [0.2, 0.25) is 0 Å². The molecule has 1 rings (SSSR count). The Hall–Kier alpha value is -1.34. The molecule has 86 valence electrons. The number of benzene rings is 1. The SMILES string of the molecule is CCCC(C#N)S(=O)(=O)c1ccc(C)cc1. The largest absolute Gasteiger partial charge is 0.222 e. The van der Waals surface area contributed by atoms with Gasteiger partial charge in [0.15, 0.2) is 15.1 Å². The fraction of sp³-hybridized carbons (Fsp3) is 0.417. The van der Waals surface area contributed by atoms with E-state index in [1.165, 1.54) is 0 Å². The van der Waals surface area contributed by atoms with Crippen molar-refractivity contribution in [3.05, 3.63) is 29.8 Å². The summed E-state index contributed by atoms with van der Waals surface area (Å²) in [6.45, 7) is 3.76. The van der Waals surface area contributed by atoms with Crippen molar-refractivity contribution in [3.63, 3.8) is 0 Å². The summed E-state index contributed by atoms with van der Waals surface area (Å²) in [6.07, 6.45) is 1.07. The Morgan fingerprint density at radius 1 is 1.31 bits per heavy atom. The van der Waals surface area contributed by atoms with Crippen molar-refractivity contribution in [2.45, 2.75) is 36.8 Å². The predicted octanol–water partition coefficient (Wildman–Crippen LogP) is 2.46. The average molecular weight is 237 g/mol. The van der Waals surface area contributed by atoms with Gasteiger partial charge < -0.3 is 0 Å². The molecule has 1 aromatic carbocycles. The van der Waals surface area contributed by atoms with Crippen LogP contribution in [0.4, 0.5) is 0 Å². The van der Waals surface area contributed by atoms with Crippen LogP contribution in [0.3, 0.4) is 0 Å². The molecule has 4 heteroatoms. The summed E-state index contributed by atoms with van der Waals surface area (Å²) < 4.78 is 24.1. The van der Waals surface area contributed by atoms with Crippen LogP contribution in [0.1, 0.15) is 25.3 Å². The summed E-state index contributed by atoms with van der Waals surface area (Å²) in [7, 11) is -3.49. The first-order chi connectivity index (χ1) is 7.52. The first-order valence-corrected chi connectivity index (χ1v) is 6.77. The second-order valence-electron chi connectivity index (χ2n) is 3.76. The van der Waals surface area contributed by atoms with Crippen LogP contribution < -0.4 is 0 Å². The van der Waals surface area contributed by atoms with E-state index >= 15 is 0 Å². The fourth-order valence-corrected chi connectivity index (χ4v) is 2.97. The van der Waals surface area contributed by atoms with Crippen LogP contribution in [-0.2, 0) is 9.84 Å². The van der Waals surface area contributed by atoms with Gasteiger partial charge in [0.05, 0.1) is 11.0 Å². The maximum absolute atomic E-state index is 12.0. The van der Waals surface area contributed by atoms with Crippen molar-refractivity contribution < 1.29 is 8.42 Å². The monoisotopic (exact) mass is 237 g/mol. The van der Waals surface area contributed by atoms with Crippen molar-refractivity contribution in [3.8, 4) is 6.07 Å². The number of nitriles is 1. The molecule has 0 fully saturated rings. The molecule has 0 N–H and O–H groups in total. The lowest BCUT2D eigenvalue weighted by Gasteiger charge is -2.09. The van der Waals surface area contributed by atoms with E-state index in [0.717, 1.165) is 5.56 Å². The van der Waals surface area contributed by atoms with Gasteiger partial charge in [-0.15, -0.1) is 0 Å². The number of aryl methyl sites for hydroxylation is 1. The van der Waals surface area contributed by atoms with Crippen LogP contribution in [0.25, 0.3) is 0 Å². The molecule has 0 aliphatic rings. The highest BCUT2D eigenvalue weighted by Gasteiger charge is 2.26. The number of nitrogens with zero attached hydrogens (tertiary/aromatic N) is 1. The molecule has 1 atom stereocenters. The summed E-state index contributed by atoms with van der Waals surface area (Å²) in [5, 5.41) is 7.95. The van der Waals surface area contributed by atoms with Crippen molar-refractivity contribution in [2.24, 2.45) is 0 Å².